The lowest BCUT2D eigenvalue weighted by atomic mass is 9.51. The smallest absolute Gasteiger partial charge is 0.131 e. The zero-order valence-electron chi connectivity index (χ0n) is 20.0. The first-order chi connectivity index (χ1) is 15.3. The molecule has 0 unspecified atom stereocenters. The molecule has 1 aromatic rings. The standard InChI is InChI=1S/C29H37NO2/c1-5-15-29(32)16-14-26-24-12-8-20-17-22(31)11-13-23(20)27(24)25(18-28(26,29)2)19-6-9-21(10-7-19)30(3)4/h6-7,9-10,17,22,24-26,31-32H,8,11-14,16,18H2,1-4H3/t22-,24+,25-,26-,28+,29-/m1/s1. The van der Waals surface area contributed by atoms with Gasteiger partial charge in [-0.1, -0.05) is 36.6 Å². The van der Waals surface area contributed by atoms with Crippen molar-refractivity contribution in [3.05, 3.63) is 52.6 Å². The van der Waals surface area contributed by atoms with Crippen LogP contribution < -0.4 is 4.90 Å². The molecule has 3 nitrogen and oxygen atoms in total. The van der Waals surface area contributed by atoms with E-state index in [0.717, 1.165) is 44.9 Å². The summed E-state index contributed by atoms with van der Waals surface area (Å²) in [7, 11) is 4.16. The molecule has 0 bridgehead atoms. The number of hydrogen-bond acceptors (Lipinski definition) is 3. The summed E-state index contributed by atoms with van der Waals surface area (Å²) >= 11 is 0. The molecule has 0 amide bonds. The van der Waals surface area contributed by atoms with Gasteiger partial charge in [-0.2, -0.15) is 0 Å². The first-order valence-corrected chi connectivity index (χ1v) is 12.3. The maximum atomic E-state index is 11.7. The van der Waals surface area contributed by atoms with E-state index in [1.165, 1.54) is 22.4 Å². The normalized spacial score (nSPS) is 38.1. The van der Waals surface area contributed by atoms with E-state index in [4.69, 9.17) is 0 Å². The topological polar surface area (TPSA) is 43.7 Å². The van der Waals surface area contributed by atoms with Crippen molar-refractivity contribution in [1.82, 2.24) is 0 Å². The average Bonchev–Trinajstić information content (AvgIpc) is 3.03. The maximum Gasteiger partial charge on any atom is 0.131 e. The number of rotatable bonds is 2. The molecule has 0 aromatic heterocycles. The van der Waals surface area contributed by atoms with Gasteiger partial charge < -0.3 is 15.1 Å². The number of benzene rings is 1. The molecule has 0 heterocycles. The predicted octanol–water partition coefficient (Wildman–Crippen LogP) is 5.20. The molecule has 0 radical (unpaired) electrons. The van der Waals surface area contributed by atoms with Crippen LogP contribution in [0.2, 0.25) is 0 Å². The molecule has 2 N–H and O–H groups in total. The van der Waals surface area contributed by atoms with Gasteiger partial charge in [-0.05, 0) is 92.5 Å². The second-order valence-electron chi connectivity index (χ2n) is 10.9. The fourth-order valence-electron chi connectivity index (χ4n) is 7.50. The molecule has 2 fully saturated rings. The molecule has 5 rings (SSSR count). The fourth-order valence-corrected chi connectivity index (χ4v) is 7.50. The minimum Gasteiger partial charge on any atom is -0.389 e. The summed E-state index contributed by atoms with van der Waals surface area (Å²) in [6.07, 6.45) is 8.58. The van der Waals surface area contributed by atoms with Crippen molar-refractivity contribution >= 4 is 5.69 Å². The number of aliphatic hydroxyl groups is 2. The summed E-state index contributed by atoms with van der Waals surface area (Å²) in [5.74, 6) is 7.58. The highest BCUT2D eigenvalue weighted by molar-refractivity contribution is 5.52. The van der Waals surface area contributed by atoms with Crippen molar-refractivity contribution in [1.29, 1.82) is 0 Å². The molecule has 170 valence electrons. The average molecular weight is 432 g/mol. The van der Waals surface area contributed by atoms with Gasteiger partial charge in [0, 0.05) is 31.1 Å². The maximum absolute atomic E-state index is 11.7. The number of hydrogen-bond donors (Lipinski definition) is 2. The largest absolute Gasteiger partial charge is 0.389 e. The van der Waals surface area contributed by atoms with Crippen molar-refractivity contribution in [2.24, 2.45) is 17.3 Å². The van der Waals surface area contributed by atoms with E-state index in [9.17, 15) is 10.2 Å². The van der Waals surface area contributed by atoms with Crippen molar-refractivity contribution in [2.75, 3.05) is 19.0 Å². The summed E-state index contributed by atoms with van der Waals surface area (Å²) in [6, 6.07) is 9.04. The SMILES string of the molecule is CC#C[C@@]1(O)CC[C@@H]2[C@@H]3CCC4=C[C@H](O)CCC4=C3[C@@H](c3ccc(N(C)C)cc3)C[C@@]21C. The Morgan fingerprint density at radius 3 is 2.50 bits per heavy atom. The quantitative estimate of drug-likeness (QED) is 0.633. The molecule has 0 aliphatic heterocycles. The monoisotopic (exact) mass is 431 g/mol. The zero-order chi connectivity index (χ0) is 22.7. The lowest BCUT2D eigenvalue weighted by Crippen LogP contribution is -2.51. The number of fused-ring (bicyclic) bond motifs is 4. The molecule has 1 aromatic carbocycles. The third-order valence-corrected chi connectivity index (χ3v) is 9.16. The van der Waals surface area contributed by atoms with Gasteiger partial charge in [-0.15, -0.1) is 5.92 Å². The van der Waals surface area contributed by atoms with Gasteiger partial charge in [0.2, 0.25) is 0 Å². The van der Waals surface area contributed by atoms with Gasteiger partial charge in [0.05, 0.1) is 6.10 Å². The van der Waals surface area contributed by atoms with Crippen LogP contribution in [-0.4, -0.2) is 36.0 Å². The summed E-state index contributed by atoms with van der Waals surface area (Å²) in [5, 5.41) is 22.0. The number of nitrogens with zero attached hydrogens (tertiary/aromatic N) is 1. The van der Waals surface area contributed by atoms with Gasteiger partial charge in [0.25, 0.3) is 0 Å². The Morgan fingerprint density at radius 1 is 1.06 bits per heavy atom. The molecule has 32 heavy (non-hydrogen) atoms. The van der Waals surface area contributed by atoms with Gasteiger partial charge in [-0.3, -0.25) is 0 Å². The van der Waals surface area contributed by atoms with Crippen LogP contribution in [0, 0.1) is 29.1 Å². The highest BCUT2D eigenvalue weighted by Crippen LogP contribution is 2.66. The summed E-state index contributed by atoms with van der Waals surface area (Å²) < 4.78 is 0. The second kappa shape index (κ2) is 7.79. The predicted molar refractivity (Wildman–Crippen MR) is 130 cm³/mol. The minimum absolute atomic E-state index is 0.203. The van der Waals surface area contributed by atoms with Crippen molar-refractivity contribution in [3.63, 3.8) is 0 Å². The Bertz CT molecular complexity index is 1020. The summed E-state index contributed by atoms with van der Waals surface area (Å²) in [5.41, 5.74) is 5.98. The Labute approximate surface area is 193 Å². The molecule has 0 saturated heterocycles. The Balaban J connectivity index is 1.66. The van der Waals surface area contributed by atoms with E-state index in [0.29, 0.717) is 17.8 Å². The molecule has 4 aliphatic carbocycles. The van der Waals surface area contributed by atoms with E-state index in [2.05, 4.69) is 68.1 Å². The Hall–Kier alpha value is -2.02. The van der Waals surface area contributed by atoms with Gasteiger partial charge >= 0.3 is 0 Å². The van der Waals surface area contributed by atoms with E-state index in [1.54, 1.807) is 5.57 Å². The highest BCUT2D eigenvalue weighted by atomic mass is 16.3. The van der Waals surface area contributed by atoms with Gasteiger partial charge in [-0.25, -0.2) is 0 Å². The third-order valence-electron chi connectivity index (χ3n) is 9.16. The van der Waals surface area contributed by atoms with Crippen molar-refractivity contribution < 1.29 is 10.2 Å². The first kappa shape index (κ1) is 21.8. The van der Waals surface area contributed by atoms with E-state index >= 15 is 0 Å². The molecular formula is C29H37NO2. The van der Waals surface area contributed by atoms with Gasteiger partial charge in [0.15, 0.2) is 0 Å². The van der Waals surface area contributed by atoms with Gasteiger partial charge in [0.1, 0.15) is 5.60 Å². The highest BCUT2D eigenvalue weighted by Gasteiger charge is 2.62. The van der Waals surface area contributed by atoms with Crippen LogP contribution in [0.1, 0.15) is 70.3 Å². The Morgan fingerprint density at radius 2 is 1.81 bits per heavy atom. The van der Waals surface area contributed by atoms with E-state index in [-0.39, 0.29) is 11.5 Å². The molecule has 2 saturated carbocycles. The molecular weight excluding hydrogens is 394 g/mol. The molecule has 0 spiro atoms. The van der Waals surface area contributed by atoms with Crippen LogP contribution in [-0.2, 0) is 0 Å². The molecule has 6 atom stereocenters. The number of allylic oxidation sites excluding steroid dienone is 3. The number of anilines is 1. The summed E-state index contributed by atoms with van der Waals surface area (Å²) in [4.78, 5) is 2.14. The minimum atomic E-state index is -0.899. The van der Waals surface area contributed by atoms with E-state index in [1.807, 2.05) is 6.92 Å². The summed E-state index contributed by atoms with van der Waals surface area (Å²) in [6.45, 7) is 4.17. The second-order valence-corrected chi connectivity index (χ2v) is 10.9. The van der Waals surface area contributed by atoms with Crippen LogP contribution in [0.3, 0.4) is 0 Å². The molecule has 3 heteroatoms. The van der Waals surface area contributed by atoms with Crippen molar-refractivity contribution in [3.8, 4) is 11.8 Å². The zero-order valence-corrected chi connectivity index (χ0v) is 20.0. The first-order valence-electron chi connectivity index (χ1n) is 12.3. The van der Waals surface area contributed by atoms with E-state index < -0.39 is 5.60 Å². The van der Waals surface area contributed by atoms with Crippen LogP contribution in [0.4, 0.5) is 5.69 Å². The van der Waals surface area contributed by atoms with Crippen LogP contribution >= 0.6 is 0 Å². The Kier molecular flexibility index (Phi) is 5.31. The lowest BCUT2D eigenvalue weighted by Gasteiger charge is -2.54. The van der Waals surface area contributed by atoms with Crippen LogP contribution in [0.15, 0.2) is 47.1 Å². The fraction of sp³-hybridized carbons (Fsp3) is 0.586. The van der Waals surface area contributed by atoms with Crippen molar-refractivity contribution in [2.45, 2.75) is 76.4 Å². The van der Waals surface area contributed by atoms with Crippen LogP contribution in [0.25, 0.3) is 0 Å². The number of aliphatic hydroxyl groups excluding tert-OH is 1. The van der Waals surface area contributed by atoms with Crippen LogP contribution in [0.5, 0.6) is 0 Å². The third kappa shape index (κ3) is 3.18. The molecule has 4 aliphatic rings. The lowest BCUT2D eigenvalue weighted by molar-refractivity contribution is -0.0514.